The second kappa shape index (κ2) is 6.40. The van der Waals surface area contributed by atoms with Crippen molar-refractivity contribution in [2.45, 2.75) is 52.6 Å². The number of likely N-dealkylation sites (N-methyl/N-ethyl adjacent to an activating group) is 1. The molecule has 0 radical (unpaired) electrons. The minimum Gasteiger partial charge on any atom is -0.304 e. The lowest BCUT2D eigenvalue weighted by molar-refractivity contribution is 0.0902. The highest BCUT2D eigenvalue weighted by molar-refractivity contribution is 4.98. The van der Waals surface area contributed by atoms with Crippen LogP contribution in [-0.2, 0) is 5.54 Å². The summed E-state index contributed by atoms with van der Waals surface area (Å²) >= 11 is 0. The first-order valence-corrected chi connectivity index (χ1v) is 8.00. The Morgan fingerprint density at radius 3 is 2.24 bits per heavy atom. The fourth-order valence-electron chi connectivity index (χ4n) is 2.88. The number of nitrogens with zero attached hydrogens (tertiary/aromatic N) is 6. The van der Waals surface area contributed by atoms with Crippen molar-refractivity contribution < 1.29 is 0 Å². The van der Waals surface area contributed by atoms with E-state index in [2.05, 4.69) is 67.0 Å². The summed E-state index contributed by atoms with van der Waals surface area (Å²) in [7, 11) is 2.19. The van der Waals surface area contributed by atoms with Crippen molar-refractivity contribution in [1.82, 2.24) is 30.0 Å². The Morgan fingerprint density at radius 2 is 1.71 bits per heavy atom. The van der Waals surface area contributed by atoms with Crippen LogP contribution in [0.1, 0.15) is 52.9 Å². The molecule has 1 aliphatic rings. The van der Waals surface area contributed by atoms with Gasteiger partial charge in [0.15, 0.2) is 5.82 Å². The Hall–Kier alpha value is -1.01. The third-order valence-corrected chi connectivity index (χ3v) is 4.10. The number of piperazine rings is 1. The van der Waals surface area contributed by atoms with Gasteiger partial charge in [-0.25, -0.2) is 4.68 Å². The van der Waals surface area contributed by atoms with E-state index in [1.807, 2.05) is 4.68 Å². The van der Waals surface area contributed by atoms with Gasteiger partial charge in [0.1, 0.15) is 0 Å². The van der Waals surface area contributed by atoms with Gasteiger partial charge < -0.3 is 4.90 Å². The molecule has 6 nitrogen and oxygen atoms in total. The molecule has 0 bridgehead atoms. The molecule has 120 valence electrons. The number of hydrogen-bond acceptors (Lipinski definition) is 5. The average molecular weight is 294 g/mol. The Morgan fingerprint density at radius 1 is 1.10 bits per heavy atom. The van der Waals surface area contributed by atoms with Gasteiger partial charge in [-0.15, -0.1) is 5.10 Å². The summed E-state index contributed by atoms with van der Waals surface area (Å²) in [5.41, 5.74) is -0.0827. The fraction of sp³-hybridized carbons (Fsp3) is 0.933. The molecule has 0 aliphatic carbocycles. The molecule has 0 spiro atoms. The monoisotopic (exact) mass is 294 g/mol. The third kappa shape index (κ3) is 4.01. The molecule has 0 amide bonds. The maximum Gasteiger partial charge on any atom is 0.168 e. The average Bonchev–Trinajstić information content (AvgIpc) is 2.85. The smallest absolute Gasteiger partial charge is 0.168 e. The van der Waals surface area contributed by atoms with Crippen LogP contribution in [0.2, 0.25) is 0 Å². The van der Waals surface area contributed by atoms with E-state index in [1.54, 1.807) is 0 Å². The van der Waals surface area contributed by atoms with Gasteiger partial charge in [0.05, 0.1) is 11.6 Å². The molecule has 1 atom stereocenters. The van der Waals surface area contributed by atoms with Crippen LogP contribution in [0.4, 0.5) is 0 Å². The van der Waals surface area contributed by atoms with E-state index < -0.39 is 0 Å². The maximum atomic E-state index is 4.38. The van der Waals surface area contributed by atoms with E-state index in [4.69, 9.17) is 0 Å². The van der Waals surface area contributed by atoms with Crippen molar-refractivity contribution in [3.05, 3.63) is 5.82 Å². The van der Waals surface area contributed by atoms with Gasteiger partial charge in [-0.2, -0.15) is 0 Å². The summed E-state index contributed by atoms with van der Waals surface area (Å²) in [6.45, 7) is 15.4. The van der Waals surface area contributed by atoms with Gasteiger partial charge in [0.2, 0.25) is 0 Å². The molecular weight excluding hydrogens is 264 g/mol. The predicted octanol–water partition coefficient (Wildman–Crippen LogP) is 1.76. The lowest BCUT2D eigenvalue weighted by atomic mass is 9.99. The minimum atomic E-state index is -0.0827. The molecule has 1 aliphatic heterocycles. The summed E-state index contributed by atoms with van der Waals surface area (Å²) in [6, 6.07) is 0.313. The zero-order chi connectivity index (χ0) is 15.6. The highest BCUT2D eigenvalue weighted by atomic mass is 15.6. The van der Waals surface area contributed by atoms with Gasteiger partial charge in [-0.05, 0) is 50.6 Å². The molecule has 21 heavy (non-hydrogen) atoms. The van der Waals surface area contributed by atoms with E-state index in [0.717, 1.165) is 38.4 Å². The van der Waals surface area contributed by atoms with Crippen molar-refractivity contribution in [3.8, 4) is 0 Å². The summed E-state index contributed by atoms with van der Waals surface area (Å²) in [4.78, 5) is 4.93. The van der Waals surface area contributed by atoms with E-state index in [0.29, 0.717) is 12.0 Å². The molecule has 0 aromatic carbocycles. The number of aromatic nitrogens is 4. The molecule has 0 saturated carbocycles. The van der Waals surface area contributed by atoms with E-state index in [-0.39, 0.29) is 5.54 Å². The molecule has 2 rings (SSSR count). The second-order valence-electron chi connectivity index (χ2n) is 7.60. The molecule has 0 N–H and O–H groups in total. The third-order valence-electron chi connectivity index (χ3n) is 4.10. The van der Waals surface area contributed by atoms with Gasteiger partial charge in [-0.3, -0.25) is 4.90 Å². The van der Waals surface area contributed by atoms with Crippen LogP contribution in [0.3, 0.4) is 0 Å². The lowest BCUT2D eigenvalue weighted by Gasteiger charge is -2.38. The SMILES string of the molecule is CC(C)CC(c1nnnn1C(C)(C)C)N1CCN(C)CC1. The fourth-order valence-corrected chi connectivity index (χ4v) is 2.88. The van der Waals surface area contributed by atoms with Crippen molar-refractivity contribution in [2.75, 3.05) is 33.2 Å². The first kappa shape index (κ1) is 16.4. The van der Waals surface area contributed by atoms with E-state index >= 15 is 0 Å². The summed E-state index contributed by atoms with van der Waals surface area (Å²) in [5, 5.41) is 12.6. The summed E-state index contributed by atoms with van der Waals surface area (Å²) < 4.78 is 2.00. The highest BCUT2D eigenvalue weighted by Crippen LogP contribution is 2.29. The van der Waals surface area contributed by atoms with Crippen LogP contribution in [-0.4, -0.2) is 63.2 Å². The van der Waals surface area contributed by atoms with Crippen LogP contribution in [0, 0.1) is 5.92 Å². The highest BCUT2D eigenvalue weighted by Gasteiger charge is 2.31. The molecule has 1 aromatic rings. The first-order valence-electron chi connectivity index (χ1n) is 8.00. The molecule has 1 fully saturated rings. The van der Waals surface area contributed by atoms with Crippen LogP contribution >= 0.6 is 0 Å². The molecule has 1 aromatic heterocycles. The standard InChI is InChI=1S/C15H30N6/c1-12(2)11-13(20-9-7-19(6)8-10-20)14-16-17-18-21(14)15(3,4)5/h12-13H,7-11H2,1-6H3. The van der Waals surface area contributed by atoms with Crippen molar-refractivity contribution >= 4 is 0 Å². The number of tetrazole rings is 1. The zero-order valence-electron chi connectivity index (χ0n) is 14.4. The second-order valence-corrected chi connectivity index (χ2v) is 7.60. The normalized spacial score (nSPS) is 20.1. The molecule has 1 unspecified atom stereocenters. The van der Waals surface area contributed by atoms with E-state index in [9.17, 15) is 0 Å². The Labute approximate surface area is 128 Å². The van der Waals surface area contributed by atoms with Gasteiger partial charge in [-0.1, -0.05) is 13.8 Å². The lowest BCUT2D eigenvalue weighted by Crippen LogP contribution is -2.47. The molecule has 6 heteroatoms. The molecule has 1 saturated heterocycles. The van der Waals surface area contributed by atoms with Crippen LogP contribution in [0.25, 0.3) is 0 Å². The van der Waals surface area contributed by atoms with Crippen molar-refractivity contribution in [1.29, 1.82) is 0 Å². The molecule has 2 heterocycles. The number of rotatable bonds is 4. The summed E-state index contributed by atoms with van der Waals surface area (Å²) in [6.07, 6.45) is 1.10. The quantitative estimate of drug-likeness (QED) is 0.847. The predicted molar refractivity (Wildman–Crippen MR) is 84.1 cm³/mol. The Balaban J connectivity index is 2.26. The first-order chi connectivity index (χ1) is 9.79. The van der Waals surface area contributed by atoms with Crippen LogP contribution in [0.5, 0.6) is 0 Å². The summed E-state index contributed by atoms with van der Waals surface area (Å²) in [5.74, 6) is 1.64. The van der Waals surface area contributed by atoms with Gasteiger partial charge >= 0.3 is 0 Å². The number of hydrogen-bond donors (Lipinski definition) is 0. The van der Waals surface area contributed by atoms with E-state index in [1.165, 1.54) is 0 Å². The van der Waals surface area contributed by atoms with Crippen molar-refractivity contribution in [2.24, 2.45) is 5.92 Å². The van der Waals surface area contributed by atoms with Gasteiger partial charge in [0.25, 0.3) is 0 Å². The van der Waals surface area contributed by atoms with Gasteiger partial charge in [0, 0.05) is 26.2 Å². The molecular formula is C15H30N6. The maximum absolute atomic E-state index is 4.38. The largest absolute Gasteiger partial charge is 0.304 e. The van der Waals surface area contributed by atoms with Crippen LogP contribution < -0.4 is 0 Å². The Bertz CT molecular complexity index is 439. The minimum absolute atomic E-state index is 0.0827. The van der Waals surface area contributed by atoms with Crippen LogP contribution in [0.15, 0.2) is 0 Å². The Kier molecular flexibility index (Phi) is 4.99. The zero-order valence-corrected chi connectivity index (χ0v) is 14.4. The van der Waals surface area contributed by atoms with Crippen molar-refractivity contribution in [3.63, 3.8) is 0 Å². The topological polar surface area (TPSA) is 50.1 Å².